The highest BCUT2D eigenvalue weighted by molar-refractivity contribution is 6.16. The molecule has 4 rings (SSSR count). The second-order valence-electron chi connectivity index (χ2n) is 12.4. The van der Waals surface area contributed by atoms with Gasteiger partial charge in [0.1, 0.15) is 5.75 Å². The molecule has 0 radical (unpaired) electrons. The van der Waals surface area contributed by atoms with E-state index in [1.807, 2.05) is 26.0 Å². The third-order valence-corrected chi connectivity index (χ3v) is 9.15. The minimum absolute atomic E-state index is 0.122. The van der Waals surface area contributed by atoms with Crippen molar-refractivity contribution in [2.45, 2.75) is 59.8 Å². The first-order valence-electron chi connectivity index (χ1n) is 18.3. The third kappa shape index (κ3) is 10.1. The number of benzene rings is 4. The number of carbonyl (C=O) groups is 4. The Morgan fingerprint density at radius 1 is 0.500 bits per heavy atom. The topological polar surface area (TPSA) is 113 Å². The van der Waals surface area contributed by atoms with Gasteiger partial charge < -0.3 is 24.4 Å². The number of ketones is 2. The van der Waals surface area contributed by atoms with Crippen LogP contribution in [0.5, 0.6) is 5.75 Å². The number of nitrogens with zero attached hydrogens (tertiary/aromatic N) is 2. The SMILES string of the molecule is CCN(CC)c1ccc(C(=O)c2ccccc2C(=O)OCCCCCCCOC(=O)c2ccccc2C(=O)c2ccc(N(CC)CC)cc2O)cc1. The minimum atomic E-state index is -0.592. The second-order valence-corrected chi connectivity index (χ2v) is 12.4. The number of phenolic OH excluding ortho intramolecular Hbond substituents is 1. The maximum absolute atomic E-state index is 13.4. The average Bonchev–Trinajstić information content (AvgIpc) is 3.17. The van der Waals surface area contributed by atoms with E-state index in [2.05, 4.69) is 23.6 Å². The Bertz CT molecular complexity index is 1810. The molecule has 9 heteroatoms. The number of carbonyl (C=O) groups excluding carboxylic acids is 4. The Morgan fingerprint density at radius 2 is 0.923 bits per heavy atom. The maximum Gasteiger partial charge on any atom is 0.338 e. The summed E-state index contributed by atoms with van der Waals surface area (Å²) in [4.78, 5) is 56.8. The molecule has 0 aliphatic carbocycles. The Labute approximate surface area is 307 Å². The van der Waals surface area contributed by atoms with Gasteiger partial charge in [0, 0.05) is 60.3 Å². The number of hydrogen-bond acceptors (Lipinski definition) is 9. The fourth-order valence-corrected chi connectivity index (χ4v) is 6.15. The molecule has 52 heavy (non-hydrogen) atoms. The van der Waals surface area contributed by atoms with Gasteiger partial charge in [0.25, 0.3) is 0 Å². The van der Waals surface area contributed by atoms with E-state index < -0.39 is 17.7 Å². The Hall–Kier alpha value is -5.44. The quantitative estimate of drug-likeness (QED) is 0.0549. The molecule has 0 saturated carbocycles. The largest absolute Gasteiger partial charge is 0.507 e. The first kappa shape index (κ1) is 39.3. The van der Waals surface area contributed by atoms with Crippen LogP contribution in [0.15, 0.2) is 91.0 Å². The lowest BCUT2D eigenvalue weighted by atomic mass is 9.97. The molecule has 4 aromatic carbocycles. The summed E-state index contributed by atoms with van der Waals surface area (Å²) >= 11 is 0. The van der Waals surface area contributed by atoms with E-state index in [1.54, 1.807) is 78.9 Å². The van der Waals surface area contributed by atoms with Gasteiger partial charge in [-0.2, -0.15) is 0 Å². The zero-order chi connectivity index (χ0) is 37.5. The highest BCUT2D eigenvalue weighted by atomic mass is 16.5. The molecule has 0 spiro atoms. The van der Waals surface area contributed by atoms with E-state index in [1.165, 1.54) is 0 Å². The predicted molar refractivity (Wildman–Crippen MR) is 205 cm³/mol. The van der Waals surface area contributed by atoms with Crippen molar-refractivity contribution in [3.8, 4) is 5.75 Å². The van der Waals surface area contributed by atoms with E-state index in [0.29, 0.717) is 24.0 Å². The molecule has 4 aromatic rings. The maximum atomic E-state index is 13.4. The van der Waals surface area contributed by atoms with Gasteiger partial charge in [-0.05, 0) is 89.1 Å². The number of hydrogen-bond donors (Lipinski definition) is 1. The lowest BCUT2D eigenvalue weighted by molar-refractivity contribution is 0.0494. The average molecular weight is 707 g/mol. The lowest BCUT2D eigenvalue weighted by Crippen LogP contribution is -2.21. The molecule has 1 N–H and O–H groups in total. The molecule has 0 amide bonds. The van der Waals surface area contributed by atoms with E-state index in [-0.39, 0.29) is 47.0 Å². The van der Waals surface area contributed by atoms with Gasteiger partial charge in [0.2, 0.25) is 0 Å². The molecule has 0 unspecified atom stereocenters. The van der Waals surface area contributed by atoms with Crippen LogP contribution in [0, 0.1) is 0 Å². The second kappa shape index (κ2) is 19.8. The molecular formula is C43H50N2O7. The van der Waals surface area contributed by atoms with Crippen molar-refractivity contribution in [2.24, 2.45) is 0 Å². The third-order valence-electron chi connectivity index (χ3n) is 9.15. The number of esters is 2. The predicted octanol–water partition coefficient (Wildman–Crippen LogP) is 8.51. The van der Waals surface area contributed by atoms with E-state index in [0.717, 1.165) is 56.8 Å². The Kier molecular flexibility index (Phi) is 15.0. The van der Waals surface area contributed by atoms with Crippen LogP contribution in [0.3, 0.4) is 0 Å². The van der Waals surface area contributed by atoms with Gasteiger partial charge in [0.05, 0.1) is 29.9 Å². The van der Waals surface area contributed by atoms with Crippen molar-refractivity contribution in [2.75, 3.05) is 49.2 Å². The fourth-order valence-electron chi connectivity index (χ4n) is 6.15. The lowest BCUT2D eigenvalue weighted by Gasteiger charge is -2.21. The highest BCUT2D eigenvalue weighted by Gasteiger charge is 2.22. The van der Waals surface area contributed by atoms with Crippen molar-refractivity contribution in [3.63, 3.8) is 0 Å². The number of anilines is 2. The summed E-state index contributed by atoms with van der Waals surface area (Å²) in [6.07, 6.45) is 3.77. The van der Waals surface area contributed by atoms with Crippen LogP contribution in [0.1, 0.15) is 112 Å². The first-order valence-corrected chi connectivity index (χ1v) is 18.3. The molecule has 0 atom stereocenters. The minimum Gasteiger partial charge on any atom is -0.507 e. The zero-order valence-corrected chi connectivity index (χ0v) is 30.7. The molecule has 0 saturated heterocycles. The molecule has 9 nitrogen and oxygen atoms in total. The van der Waals surface area contributed by atoms with Gasteiger partial charge in [0.15, 0.2) is 11.6 Å². The molecule has 274 valence electrons. The molecular weight excluding hydrogens is 656 g/mol. The van der Waals surface area contributed by atoms with Gasteiger partial charge in [-0.25, -0.2) is 9.59 Å². The normalized spacial score (nSPS) is 10.8. The molecule has 0 aromatic heterocycles. The van der Waals surface area contributed by atoms with Crippen LogP contribution in [-0.2, 0) is 9.47 Å². The van der Waals surface area contributed by atoms with Crippen LogP contribution in [0.2, 0.25) is 0 Å². The standard InChI is InChI=1S/C43H50N2O7/c1-5-44(6-2)32-24-22-31(23-25-32)40(47)34-18-12-14-20-36(34)42(49)51-28-16-10-9-11-17-29-52-43(50)37-21-15-13-19-35(37)41(48)38-27-26-33(30-39(38)46)45(7-3)8-4/h12-15,18-27,30,46H,5-11,16-17,28-29H2,1-4H3. The molecule has 0 aliphatic rings. The smallest absolute Gasteiger partial charge is 0.338 e. The highest BCUT2D eigenvalue weighted by Crippen LogP contribution is 2.28. The van der Waals surface area contributed by atoms with Crippen LogP contribution in [0.25, 0.3) is 0 Å². The van der Waals surface area contributed by atoms with Crippen molar-refractivity contribution >= 4 is 34.9 Å². The fraction of sp³-hybridized carbons (Fsp3) is 0.349. The van der Waals surface area contributed by atoms with Crippen LogP contribution >= 0.6 is 0 Å². The van der Waals surface area contributed by atoms with Crippen LogP contribution in [0.4, 0.5) is 11.4 Å². The Morgan fingerprint density at radius 3 is 1.40 bits per heavy atom. The van der Waals surface area contributed by atoms with Crippen LogP contribution < -0.4 is 9.80 Å². The number of aromatic hydroxyl groups is 1. The molecule has 0 bridgehead atoms. The number of phenols is 1. The van der Waals surface area contributed by atoms with E-state index in [9.17, 15) is 24.3 Å². The van der Waals surface area contributed by atoms with Gasteiger partial charge in [-0.1, -0.05) is 55.7 Å². The summed E-state index contributed by atoms with van der Waals surface area (Å²) in [6.45, 7) is 11.9. The van der Waals surface area contributed by atoms with Crippen molar-refractivity contribution in [1.82, 2.24) is 0 Å². The molecule has 0 fully saturated rings. The monoisotopic (exact) mass is 706 g/mol. The Balaban J connectivity index is 1.19. The summed E-state index contributed by atoms with van der Waals surface area (Å²) in [7, 11) is 0. The number of unbranched alkanes of at least 4 members (excludes halogenated alkanes) is 4. The van der Waals surface area contributed by atoms with Gasteiger partial charge in [-0.3, -0.25) is 9.59 Å². The number of ether oxygens (including phenoxy) is 2. The van der Waals surface area contributed by atoms with Crippen molar-refractivity contribution < 1.29 is 33.8 Å². The van der Waals surface area contributed by atoms with Crippen LogP contribution in [-0.4, -0.2) is 68.0 Å². The molecule has 0 heterocycles. The van der Waals surface area contributed by atoms with Crippen molar-refractivity contribution in [3.05, 3.63) is 124 Å². The summed E-state index contributed by atoms with van der Waals surface area (Å²) in [5.41, 5.74) is 3.37. The summed E-state index contributed by atoms with van der Waals surface area (Å²) in [5, 5.41) is 10.7. The number of rotatable bonds is 20. The summed E-state index contributed by atoms with van der Waals surface area (Å²) < 4.78 is 11.0. The van der Waals surface area contributed by atoms with E-state index in [4.69, 9.17) is 9.47 Å². The summed E-state index contributed by atoms with van der Waals surface area (Å²) in [6, 6.07) is 25.6. The zero-order valence-electron chi connectivity index (χ0n) is 30.7. The van der Waals surface area contributed by atoms with E-state index >= 15 is 0 Å². The van der Waals surface area contributed by atoms with Gasteiger partial charge in [-0.15, -0.1) is 0 Å². The van der Waals surface area contributed by atoms with Gasteiger partial charge >= 0.3 is 11.9 Å². The summed E-state index contributed by atoms with van der Waals surface area (Å²) in [5.74, 6) is -1.94. The first-order chi connectivity index (χ1) is 25.2. The molecule has 0 aliphatic heterocycles. The van der Waals surface area contributed by atoms with Crippen molar-refractivity contribution in [1.29, 1.82) is 0 Å².